The van der Waals surface area contributed by atoms with Crippen molar-refractivity contribution in [1.82, 2.24) is 24.3 Å². The van der Waals surface area contributed by atoms with Crippen molar-refractivity contribution < 1.29 is 9.53 Å². The first kappa shape index (κ1) is 26.1. The van der Waals surface area contributed by atoms with Crippen molar-refractivity contribution in [2.45, 2.75) is 44.7 Å². The Morgan fingerprint density at radius 2 is 1.73 bits per heavy atom. The van der Waals surface area contributed by atoms with E-state index in [1.54, 1.807) is 6.08 Å². The molecule has 1 saturated carbocycles. The zero-order valence-corrected chi connectivity index (χ0v) is 23.2. The van der Waals surface area contributed by atoms with Gasteiger partial charge in [0.15, 0.2) is 0 Å². The molecule has 1 amide bonds. The molecule has 0 spiro atoms. The summed E-state index contributed by atoms with van der Waals surface area (Å²) in [4.78, 5) is 26.1. The van der Waals surface area contributed by atoms with Crippen molar-refractivity contribution in [2.75, 3.05) is 32.4 Å². The van der Waals surface area contributed by atoms with Gasteiger partial charge in [-0.2, -0.15) is 0 Å². The van der Waals surface area contributed by atoms with Crippen LogP contribution in [0.4, 0.5) is 5.82 Å². The van der Waals surface area contributed by atoms with E-state index < -0.39 is 0 Å². The second-order valence-corrected chi connectivity index (χ2v) is 10.9. The second kappa shape index (κ2) is 11.1. The molecule has 206 valence electrons. The lowest BCUT2D eigenvalue weighted by Gasteiger charge is -2.33. The number of anilines is 1. The third-order valence-electron chi connectivity index (χ3n) is 8.15. The van der Waals surface area contributed by atoms with Gasteiger partial charge in [-0.15, -0.1) is 0 Å². The highest BCUT2D eigenvalue weighted by atomic mass is 16.5. The quantitative estimate of drug-likeness (QED) is 0.295. The van der Waals surface area contributed by atoms with Crippen LogP contribution in [0.2, 0.25) is 0 Å². The smallest absolute Gasteiger partial charge is 0.246 e. The summed E-state index contributed by atoms with van der Waals surface area (Å²) in [5, 5.41) is 0.873. The van der Waals surface area contributed by atoms with Crippen LogP contribution < -0.4 is 10.5 Å². The van der Waals surface area contributed by atoms with Gasteiger partial charge in [-0.3, -0.25) is 9.69 Å². The molecule has 1 aliphatic carbocycles. The van der Waals surface area contributed by atoms with Crippen molar-refractivity contribution >= 4 is 22.8 Å². The molecule has 0 radical (unpaired) electrons. The topological polar surface area (TPSA) is 89.5 Å². The Hall–Kier alpha value is -4.17. The highest BCUT2D eigenvalue weighted by molar-refractivity contribution is 6.02. The fourth-order valence-corrected chi connectivity index (χ4v) is 5.82. The van der Waals surface area contributed by atoms with E-state index in [4.69, 9.17) is 10.5 Å². The predicted molar refractivity (Wildman–Crippen MR) is 158 cm³/mol. The third kappa shape index (κ3) is 5.31. The molecule has 8 heteroatoms. The molecule has 3 heterocycles. The van der Waals surface area contributed by atoms with Crippen LogP contribution in [-0.4, -0.2) is 63.0 Å². The summed E-state index contributed by atoms with van der Waals surface area (Å²) >= 11 is 0. The van der Waals surface area contributed by atoms with Gasteiger partial charge in [-0.1, -0.05) is 36.4 Å². The number of nitrogen functional groups attached to an aromatic ring is 1. The number of hydrogen-bond donors (Lipinski definition) is 1. The molecule has 2 aliphatic rings. The Kier molecular flexibility index (Phi) is 7.26. The maximum absolute atomic E-state index is 12.8. The molecular weight excluding hydrogens is 500 g/mol. The minimum atomic E-state index is 0.0989. The predicted octanol–water partition coefficient (Wildman–Crippen LogP) is 5.60. The number of rotatable bonds is 8. The second-order valence-electron chi connectivity index (χ2n) is 10.9. The number of hydrogen-bond acceptors (Lipinski definition) is 6. The maximum atomic E-state index is 12.8. The monoisotopic (exact) mass is 536 g/mol. The molecule has 2 aromatic carbocycles. The lowest BCUT2D eigenvalue weighted by molar-refractivity contribution is -0.127. The van der Waals surface area contributed by atoms with Crippen LogP contribution in [0.25, 0.3) is 22.2 Å². The number of likely N-dealkylation sites (N-methyl/N-ethyl adjacent to an activating group) is 1. The number of benzene rings is 2. The number of piperidine rings is 1. The van der Waals surface area contributed by atoms with Gasteiger partial charge < -0.3 is 19.9 Å². The summed E-state index contributed by atoms with van der Waals surface area (Å²) in [5.74, 6) is 2.14. The Labute approximate surface area is 235 Å². The standard InChI is InChI=1S/C32H36N6O2/c1-22-29(23-10-14-27(15-11-23)40-26-7-4-3-5-8-26)30-31(33)34-21-35-32(30)38(22)25-16-19-37(20-17-25)28(39)9-6-18-36(2)24-12-13-24/h3-11,14-15,21,24-25H,12-13,16-20H2,1-2H3,(H2,33,34,35). The fourth-order valence-electron chi connectivity index (χ4n) is 5.82. The van der Waals surface area contributed by atoms with Crippen molar-refractivity contribution in [1.29, 1.82) is 0 Å². The van der Waals surface area contributed by atoms with E-state index >= 15 is 0 Å². The summed E-state index contributed by atoms with van der Waals surface area (Å²) < 4.78 is 8.30. The minimum Gasteiger partial charge on any atom is -0.457 e. The molecule has 8 nitrogen and oxygen atoms in total. The molecule has 2 aromatic heterocycles. The molecule has 0 unspecified atom stereocenters. The van der Waals surface area contributed by atoms with E-state index in [0.717, 1.165) is 58.7 Å². The van der Waals surface area contributed by atoms with E-state index in [1.807, 2.05) is 53.4 Å². The van der Waals surface area contributed by atoms with Crippen LogP contribution >= 0.6 is 0 Å². The number of fused-ring (bicyclic) bond motifs is 1. The van der Waals surface area contributed by atoms with E-state index in [-0.39, 0.29) is 11.9 Å². The molecule has 4 aromatic rings. The molecule has 0 bridgehead atoms. The summed E-state index contributed by atoms with van der Waals surface area (Å²) in [5.41, 5.74) is 10.5. The van der Waals surface area contributed by atoms with Crippen LogP contribution in [-0.2, 0) is 4.79 Å². The van der Waals surface area contributed by atoms with Gasteiger partial charge in [0.05, 0.1) is 5.39 Å². The van der Waals surface area contributed by atoms with Crippen molar-refractivity contribution in [3.8, 4) is 22.6 Å². The lowest BCUT2D eigenvalue weighted by atomic mass is 10.0. The van der Waals surface area contributed by atoms with Crippen molar-refractivity contribution in [2.24, 2.45) is 0 Å². The molecule has 2 N–H and O–H groups in total. The van der Waals surface area contributed by atoms with Crippen LogP contribution in [0.15, 0.2) is 73.1 Å². The number of aromatic nitrogens is 3. The number of para-hydroxylation sites is 1. The van der Waals surface area contributed by atoms with E-state index in [2.05, 4.69) is 45.5 Å². The third-order valence-corrected chi connectivity index (χ3v) is 8.15. The van der Waals surface area contributed by atoms with Crippen LogP contribution in [0.5, 0.6) is 11.5 Å². The SMILES string of the molecule is Cc1c(-c2ccc(Oc3ccccc3)cc2)c2c(N)ncnc2n1C1CCN(C(=O)C=CCN(C)C2CC2)CC1. The Balaban J connectivity index is 1.21. The number of nitrogens with zero attached hydrogens (tertiary/aromatic N) is 5. The number of carbonyl (C=O) groups excluding carboxylic acids is 1. The zero-order chi connectivity index (χ0) is 27.6. The Bertz CT molecular complexity index is 1520. The van der Waals surface area contributed by atoms with Gasteiger partial charge in [0.1, 0.15) is 29.3 Å². The van der Waals surface area contributed by atoms with Crippen LogP contribution in [0.1, 0.15) is 37.4 Å². The Morgan fingerprint density at radius 1 is 1.02 bits per heavy atom. The average Bonchev–Trinajstić information content (AvgIpc) is 3.78. The van der Waals surface area contributed by atoms with Gasteiger partial charge in [0.25, 0.3) is 0 Å². The van der Waals surface area contributed by atoms with E-state index in [1.165, 1.54) is 19.2 Å². The maximum Gasteiger partial charge on any atom is 0.246 e. The van der Waals surface area contributed by atoms with Gasteiger partial charge >= 0.3 is 0 Å². The first-order valence-corrected chi connectivity index (χ1v) is 14.1. The number of likely N-dealkylation sites (tertiary alicyclic amines) is 1. The number of ether oxygens (including phenoxy) is 1. The molecular formula is C32H36N6O2. The Morgan fingerprint density at radius 3 is 2.42 bits per heavy atom. The summed E-state index contributed by atoms with van der Waals surface area (Å²) in [6.45, 7) is 4.38. The first-order valence-electron chi connectivity index (χ1n) is 14.1. The first-order chi connectivity index (χ1) is 19.5. The molecule has 2 fully saturated rings. The van der Waals surface area contributed by atoms with Gasteiger partial charge in [-0.25, -0.2) is 9.97 Å². The van der Waals surface area contributed by atoms with Gasteiger partial charge in [-0.05, 0) is 69.5 Å². The highest BCUT2D eigenvalue weighted by Gasteiger charge is 2.29. The average molecular weight is 537 g/mol. The van der Waals surface area contributed by atoms with Crippen LogP contribution in [0, 0.1) is 6.92 Å². The fraction of sp³-hybridized carbons (Fsp3) is 0.344. The molecule has 6 rings (SSSR count). The van der Waals surface area contributed by atoms with E-state index in [9.17, 15) is 4.79 Å². The molecule has 0 atom stereocenters. The highest BCUT2D eigenvalue weighted by Crippen LogP contribution is 2.40. The number of carbonyl (C=O) groups is 1. The van der Waals surface area contributed by atoms with Crippen molar-refractivity contribution in [3.63, 3.8) is 0 Å². The number of amides is 1. The van der Waals surface area contributed by atoms with Crippen molar-refractivity contribution in [3.05, 3.63) is 78.8 Å². The normalized spacial score (nSPS) is 16.3. The van der Waals surface area contributed by atoms with E-state index in [0.29, 0.717) is 24.9 Å². The largest absolute Gasteiger partial charge is 0.457 e. The zero-order valence-electron chi connectivity index (χ0n) is 23.2. The van der Waals surface area contributed by atoms with Crippen LogP contribution in [0.3, 0.4) is 0 Å². The summed E-state index contributed by atoms with van der Waals surface area (Å²) in [6, 6.07) is 18.7. The molecule has 1 aliphatic heterocycles. The molecule has 1 saturated heterocycles. The van der Waals surface area contributed by atoms with Gasteiger partial charge in [0, 0.05) is 49.1 Å². The lowest BCUT2D eigenvalue weighted by Crippen LogP contribution is -2.38. The van der Waals surface area contributed by atoms with Gasteiger partial charge in [0.2, 0.25) is 5.91 Å². The number of nitrogens with two attached hydrogens (primary N) is 1. The minimum absolute atomic E-state index is 0.0989. The summed E-state index contributed by atoms with van der Waals surface area (Å²) in [7, 11) is 2.12. The summed E-state index contributed by atoms with van der Waals surface area (Å²) in [6.07, 6.45) is 9.54. The molecule has 40 heavy (non-hydrogen) atoms.